The molecule has 0 aliphatic carbocycles. The Bertz CT molecular complexity index is 951. The summed E-state index contributed by atoms with van der Waals surface area (Å²) >= 11 is 5.12. The van der Waals surface area contributed by atoms with E-state index in [1.807, 2.05) is 43.3 Å². The van der Waals surface area contributed by atoms with E-state index in [-0.39, 0.29) is 0 Å². The van der Waals surface area contributed by atoms with Gasteiger partial charge in [0, 0.05) is 29.2 Å². The SMILES string of the molecule is CCNC(=S)N/N=C/c1cn(CCOc2ccc(OC)cc2)c2ccccc12. The first kappa shape index (κ1) is 19.7. The summed E-state index contributed by atoms with van der Waals surface area (Å²) in [5.74, 6) is 1.63. The fourth-order valence-electron chi connectivity index (χ4n) is 2.86. The number of nitrogens with zero attached hydrogens (tertiary/aromatic N) is 2. The van der Waals surface area contributed by atoms with Gasteiger partial charge in [-0.2, -0.15) is 5.10 Å². The van der Waals surface area contributed by atoms with E-state index in [0.717, 1.165) is 41.1 Å². The van der Waals surface area contributed by atoms with Gasteiger partial charge in [0.05, 0.1) is 19.9 Å². The molecule has 2 N–H and O–H groups in total. The molecule has 1 aromatic heterocycles. The summed E-state index contributed by atoms with van der Waals surface area (Å²) in [7, 11) is 1.65. The number of nitrogens with one attached hydrogen (secondary N) is 2. The molecule has 28 heavy (non-hydrogen) atoms. The summed E-state index contributed by atoms with van der Waals surface area (Å²) in [6.45, 7) is 4.03. The molecule has 3 rings (SSSR count). The van der Waals surface area contributed by atoms with Crippen LogP contribution in [0.2, 0.25) is 0 Å². The molecule has 0 spiro atoms. The number of rotatable bonds is 8. The van der Waals surface area contributed by atoms with Crippen LogP contribution in [0.1, 0.15) is 12.5 Å². The van der Waals surface area contributed by atoms with Gasteiger partial charge in [-0.1, -0.05) is 18.2 Å². The minimum absolute atomic E-state index is 0.510. The highest BCUT2D eigenvalue weighted by atomic mass is 32.1. The second-order valence-corrected chi connectivity index (χ2v) is 6.46. The number of hydrogen-bond acceptors (Lipinski definition) is 4. The van der Waals surface area contributed by atoms with E-state index in [9.17, 15) is 0 Å². The number of benzene rings is 2. The highest BCUT2D eigenvalue weighted by Gasteiger charge is 2.07. The Kier molecular flexibility index (Phi) is 6.86. The number of hydrazone groups is 1. The molecular formula is C21H24N4O2S. The molecule has 1 heterocycles. The van der Waals surface area contributed by atoms with Crippen LogP contribution in [-0.4, -0.2) is 36.2 Å². The predicted molar refractivity (Wildman–Crippen MR) is 117 cm³/mol. The summed E-state index contributed by atoms with van der Waals surface area (Å²) in [6, 6.07) is 15.8. The number of methoxy groups -OCH3 is 1. The number of thiocarbonyl (C=S) groups is 1. The van der Waals surface area contributed by atoms with Crippen LogP contribution in [0.4, 0.5) is 0 Å². The maximum atomic E-state index is 5.86. The Morgan fingerprint density at radius 2 is 1.89 bits per heavy atom. The molecule has 6 nitrogen and oxygen atoms in total. The molecule has 0 radical (unpaired) electrons. The van der Waals surface area contributed by atoms with Crippen molar-refractivity contribution in [2.24, 2.45) is 5.10 Å². The van der Waals surface area contributed by atoms with Crippen molar-refractivity contribution in [3.63, 3.8) is 0 Å². The minimum atomic E-state index is 0.510. The van der Waals surface area contributed by atoms with Gasteiger partial charge in [-0.3, -0.25) is 5.43 Å². The third-order valence-corrected chi connectivity index (χ3v) is 4.42. The van der Waals surface area contributed by atoms with E-state index in [4.69, 9.17) is 21.7 Å². The van der Waals surface area contributed by atoms with Crippen LogP contribution in [0, 0.1) is 0 Å². The molecule has 3 aromatic rings. The first-order valence-electron chi connectivity index (χ1n) is 9.13. The highest BCUT2D eigenvalue weighted by molar-refractivity contribution is 7.80. The fourth-order valence-corrected chi connectivity index (χ4v) is 3.05. The van der Waals surface area contributed by atoms with E-state index in [1.54, 1.807) is 13.3 Å². The topological polar surface area (TPSA) is 59.8 Å². The summed E-state index contributed by atoms with van der Waals surface area (Å²) < 4.78 is 13.2. The zero-order chi connectivity index (χ0) is 19.8. The van der Waals surface area contributed by atoms with Crippen LogP contribution in [0.25, 0.3) is 10.9 Å². The van der Waals surface area contributed by atoms with E-state index in [1.165, 1.54) is 0 Å². The molecule has 0 saturated heterocycles. The Hall–Kier alpha value is -3.06. The predicted octanol–water partition coefficient (Wildman–Crippen LogP) is 3.55. The minimum Gasteiger partial charge on any atom is -0.497 e. The summed E-state index contributed by atoms with van der Waals surface area (Å²) in [4.78, 5) is 0. The lowest BCUT2D eigenvalue weighted by Gasteiger charge is -2.09. The Balaban J connectivity index is 1.67. The lowest BCUT2D eigenvalue weighted by molar-refractivity contribution is 0.300. The normalized spacial score (nSPS) is 10.9. The van der Waals surface area contributed by atoms with Crippen molar-refractivity contribution in [2.45, 2.75) is 13.5 Å². The lowest BCUT2D eigenvalue weighted by Crippen LogP contribution is -2.31. The van der Waals surface area contributed by atoms with Crippen LogP contribution < -0.4 is 20.2 Å². The number of hydrogen-bond donors (Lipinski definition) is 2. The third kappa shape index (κ3) is 5.01. The Morgan fingerprint density at radius 1 is 1.14 bits per heavy atom. The van der Waals surface area contributed by atoms with Gasteiger partial charge in [0.15, 0.2) is 5.11 Å². The van der Waals surface area contributed by atoms with Crippen LogP contribution in [0.15, 0.2) is 59.8 Å². The molecule has 0 aliphatic rings. The molecule has 2 aromatic carbocycles. The van der Waals surface area contributed by atoms with Crippen LogP contribution in [0.5, 0.6) is 11.5 Å². The Morgan fingerprint density at radius 3 is 2.64 bits per heavy atom. The number of fused-ring (bicyclic) bond motifs is 1. The molecule has 0 aliphatic heterocycles. The average molecular weight is 397 g/mol. The zero-order valence-electron chi connectivity index (χ0n) is 16.0. The third-order valence-electron chi connectivity index (χ3n) is 4.19. The molecule has 0 unspecified atom stereocenters. The van der Waals surface area contributed by atoms with Crippen molar-refractivity contribution in [1.82, 2.24) is 15.3 Å². The van der Waals surface area contributed by atoms with E-state index in [0.29, 0.717) is 11.7 Å². The second-order valence-electron chi connectivity index (χ2n) is 6.05. The molecule has 0 bridgehead atoms. The number of ether oxygens (including phenoxy) is 2. The highest BCUT2D eigenvalue weighted by Crippen LogP contribution is 2.21. The van der Waals surface area contributed by atoms with Gasteiger partial charge in [-0.05, 0) is 49.5 Å². The fraction of sp³-hybridized carbons (Fsp3) is 0.238. The molecular weight excluding hydrogens is 372 g/mol. The quantitative estimate of drug-likeness (QED) is 0.346. The maximum Gasteiger partial charge on any atom is 0.186 e. The Labute approximate surface area is 170 Å². The monoisotopic (exact) mass is 396 g/mol. The summed E-state index contributed by atoms with van der Waals surface area (Å²) in [6.07, 6.45) is 3.86. The lowest BCUT2D eigenvalue weighted by atomic mass is 10.2. The first-order chi connectivity index (χ1) is 13.7. The molecule has 0 fully saturated rings. The van der Waals surface area contributed by atoms with Crippen molar-refractivity contribution in [1.29, 1.82) is 0 Å². The average Bonchev–Trinajstić information content (AvgIpc) is 3.07. The molecule has 7 heteroatoms. The summed E-state index contributed by atoms with van der Waals surface area (Å²) in [5, 5.41) is 8.88. The van der Waals surface area contributed by atoms with E-state index < -0.39 is 0 Å². The van der Waals surface area contributed by atoms with Crippen LogP contribution in [-0.2, 0) is 6.54 Å². The first-order valence-corrected chi connectivity index (χ1v) is 9.53. The molecule has 0 atom stereocenters. The van der Waals surface area contributed by atoms with Gasteiger partial charge < -0.3 is 19.4 Å². The van der Waals surface area contributed by atoms with E-state index in [2.05, 4.69) is 38.7 Å². The van der Waals surface area contributed by atoms with Crippen molar-refractivity contribution in [3.05, 3.63) is 60.3 Å². The van der Waals surface area contributed by atoms with Gasteiger partial charge in [-0.15, -0.1) is 0 Å². The van der Waals surface area contributed by atoms with Crippen molar-refractivity contribution >= 4 is 34.4 Å². The van der Waals surface area contributed by atoms with Crippen molar-refractivity contribution < 1.29 is 9.47 Å². The second kappa shape index (κ2) is 9.75. The maximum absolute atomic E-state index is 5.86. The van der Waals surface area contributed by atoms with Gasteiger partial charge in [0.25, 0.3) is 0 Å². The zero-order valence-corrected chi connectivity index (χ0v) is 16.8. The standard InChI is InChI=1S/C21H24N4O2S/c1-3-22-21(28)24-23-14-16-15-25(20-7-5-4-6-19(16)20)12-13-27-18-10-8-17(26-2)9-11-18/h4-11,14-15H,3,12-13H2,1-2H3,(H2,22,24,28)/b23-14+. The smallest absolute Gasteiger partial charge is 0.186 e. The molecule has 146 valence electrons. The van der Waals surface area contributed by atoms with Crippen LogP contribution in [0.3, 0.4) is 0 Å². The van der Waals surface area contributed by atoms with Gasteiger partial charge in [-0.25, -0.2) is 0 Å². The number of para-hydroxylation sites is 1. The van der Waals surface area contributed by atoms with Crippen molar-refractivity contribution in [2.75, 3.05) is 20.3 Å². The van der Waals surface area contributed by atoms with Gasteiger partial charge >= 0.3 is 0 Å². The number of aromatic nitrogens is 1. The van der Waals surface area contributed by atoms with Crippen molar-refractivity contribution in [3.8, 4) is 11.5 Å². The van der Waals surface area contributed by atoms with Crippen LogP contribution >= 0.6 is 12.2 Å². The van der Waals surface area contributed by atoms with E-state index >= 15 is 0 Å². The van der Waals surface area contributed by atoms with Gasteiger partial charge in [0.2, 0.25) is 0 Å². The molecule has 0 amide bonds. The molecule has 0 saturated carbocycles. The summed E-state index contributed by atoms with van der Waals surface area (Å²) in [5.41, 5.74) is 4.98. The largest absolute Gasteiger partial charge is 0.497 e. The van der Waals surface area contributed by atoms with Gasteiger partial charge in [0.1, 0.15) is 18.1 Å².